The number of anilines is 1. The Bertz CT molecular complexity index is 5000. The van der Waals surface area contributed by atoms with Crippen LogP contribution < -0.4 is 84.1 Å². The average Bonchev–Trinajstić information content (AvgIpc) is 0.765. The second-order valence-electron chi connectivity index (χ2n) is 31.3. The monoisotopic (exact) mass is 1800 g/mol. The molecule has 3 saturated heterocycles. The summed E-state index contributed by atoms with van der Waals surface area (Å²) in [6.07, 6.45) is -18.7. The molecule has 0 aromatic heterocycles. The molecule has 18 unspecified atom stereocenters. The van der Waals surface area contributed by atoms with E-state index < -0.39 is 232 Å². The van der Waals surface area contributed by atoms with Gasteiger partial charge in [0.2, 0.25) is 53.4 Å². The lowest BCUT2D eigenvalue weighted by atomic mass is 9.85. The number of fused-ring (bicyclic) bond motifs is 15. The smallest absolute Gasteiger partial charge is 0.333 e. The number of nitrogens with zero attached hydrogens (tertiary/aromatic N) is 2. The van der Waals surface area contributed by atoms with Crippen molar-refractivity contribution in [2.24, 2.45) is 11.7 Å². The fourth-order valence-corrected chi connectivity index (χ4v) is 16.4. The highest BCUT2D eigenvalue weighted by Gasteiger charge is 2.52. The second-order valence-corrected chi connectivity index (χ2v) is 33.0. The van der Waals surface area contributed by atoms with Crippen LogP contribution in [0.2, 0.25) is 20.1 Å². The molecule has 8 aliphatic heterocycles. The zero-order valence-electron chi connectivity index (χ0n) is 67.5. The van der Waals surface area contributed by atoms with Crippen LogP contribution in [0.5, 0.6) is 46.0 Å². The largest absolute Gasteiger partial charge is 0.508 e. The number of ether oxygens (including phenoxy) is 6. The molecule has 6 aromatic carbocycles. The molecule has 8 aliphatic rings. The number of urea groups is 1. The second kappa shape index (κ2) is 39.9. The third-order valence-electron chi connectivity index (χ3n) is 21.8. The summed E-state index contributed by atoms with van der Waals surface area (Å²) in [5.41, 5.74) is 10.4. The fourth-order valence-electron chi connectivity index (χ4n) is 15.4. The lowest BCUT2D eigenvalue weighted by Gasteiger charge is -2.48. The molecule has 668 valence electrons. The van der Waals surface area contributed by atoms with Crippen molar-refractivity contribution >= 4 is 105 Å². The minimum absolute atomic E-state index is 0.110. The van der Waals surface area contributed by atoms with E-state index in [4.69, 9.17) is 80.6 Å². The van der Waals surface area contributed by atoms with Crippen LogP contribution in [-0.4, -0.2) is 248 Å². The molecule has 23 N–H and O–H groups in total. The molecule has 14 rings (SSSR count). The Morgan fingerprint density at radius 2 is 1.32 bits per heavy atom. The molecule has 0 spiro atoms. The number of benzene rings is 6. The van der Waals surface area contributed by atoms with E-state index in [1.807, 2.05) is 13.8 Å². The lowest BCUT2D eigenvalue weighted by molar-refractivity contribution is -0.334. The number of hydrogen-bond acceptors (Lipinski definition) is 29. The van der Waals surface area contributed by atoms with Crippen LogP contribution in [0.1, 0.15) is 112 Å². The van der Waals surface area contributed by atoms with Gasteiger partial charge in [0.15, 0.2) is 23.9 Å². The van der Waals surface area contributed by atoms with Gasteiger partial charge in [-0.05, 0) is 134 Å². The number of hydrazine groups is 2. The highest BCUT2D eigenvalue weighted by molar-refractivity contribution is 6.35. The van der Waals surface area contributed by atoms with Crippen LogP contribution in [-0.2, 0) is 52.6 Å². The quantitative estimate of drug-likeness (QED) is 0.0458. The fraction of sp³-hybridized carbons (Fsp3) is 0.444. The van der Waals surface area contributed by atoms with Gasteiger partial charge >= 0.3 is 6.03 Å². The zero-order valence-corrected chi connectivity index (χ0v) is 70.6. The topological polar surface area (TPSA) is 568 Å². The van der Waals surface area contributed by atoms with E-state index in [0.717, 1.165) is 60.7 Å². The molecule has 8 heterocycles. The van der Waals surface area contributed by atoms with Crippen molar-refractivity contribution in [2.45, 2.75) is 163 Å². The molecule has 11 bridgehead atoms. The Labute approximate surface area is 729 Å². The standard InChI is InChI=1S/C81H97Cl4N15O24/c1-7-89-97-78(117)62-45-29-43(102)30-51(104)59(45)44-21-36(8-11-50(44)103)60-74(113)96-64(77(116)94-62)66(107)38-10-13-53(47(85)23-38)121-55-25-39-24-54(120-52-12-9-37(22-46(52)84)65(106)63(95-72(111)48(87-6)20-34(2)3)76(115)91-49(31-57(86)105)73(112)92-61(39)75(114)93-60)69(55)124-79-70(68(109)67(108)56(33-101)122-79)123-58-32-81(5,71(110)35(4)119-58)88-14-15-99-16-18-100(19-17-99)98-80(118)90-42-27-40(82)26-41(83)28-42/h8-13,21-30,34-35,48-49,56,58,60-68,70-71,79,87-89,101-104,106-110H,7,14-20,31-33H2,1-6H3,(H2,86,105)(H,91,115)(H,92,112)(H,93,114)(H,94,116)(H,95,111)(H,96,113)(H,97,117)(H2,90,98,118). The normalized spacial score (nSPS) is 27.1. The van der Waals surface area contributed by atoms with Crippen LogP contribution in [0.25, 0.3) is 11.1 Å². The van der Waals surface area contributed by atoms with Crippen molar-refractivity contribution in [3.63, 3.8) is 0 Å². The Balaban J connectivity index is 0.983. The Morgan fingerprint density at radius 3 is 1.94 bits per heavy atom. The number of piperazine rings is 1. The van der Waals surface area contributed by atoms with Gasteiger partial charge < -0.3 is 128 Å². The summed E-state index contributed by atoms with van der Waals surface area (Å²) in [7, 11) is 1.48. The van der Waals surface area contributed by atoms with E-state index in [0.29, 0.717) is 48.5 Å². The summed E-state index contributed by atoms with van der Waals surface area (Å²) in [5, 5.41) is 132. The van der Waals surface area contributed by atoms with E-state index in [1.54, 1.807) is 37.9 Å². The summed E-state index contributed by atoms with van der Waals surface area (Å²) < 4.78 is 39.6. The SMILES string of the molecule is CCNNC(=O)C1NC(=O)C2NC(=O)C(NC(=O)C3NC(=O)C(CC(N)=O)NC(=O)C(NC(=O)C(CC(C)C)NC)C(O)c4ccc(c(Cl)c4)Oc4cc3cc(c4OC3OC(CO)C(O)C(O)C3OC3CC(C)(NCCN4CCN(NC(=O)Nc5cc(Cl)cc(Cl)c5)CC4)C(O)C(C)O3)Oc3ccc(cc3Cl)C2O)c2ccc(O)c(c2)-c2c(O)cc(O)cc21. The number of amides is 10. The van der Waals surface area contributed by atoms with Gasteiger partial charge in [-0.15, -0.1) is 0 Å². The van der Waals surface area contributed by atoms with Gasteiger partial charge in [-0.3, -0.25) is 54.1 Å². The molecule has 43 heteroatoms. The number of halogens is 4. The summed E-state index contributed by atoms with van der Waals surface area (Å²) in [5.74, 6) is -14.9. The number of phenols is 3. The first-order valence-corrected chi connectivity index (χ1v) is 41.2. The number of likely N-dealkylation sites (N-methyl/N-ethyl adjacent to an activating group) is 1. The average molecular weight is 1810 g/mol. The van der Waals surface area contributed by atoms with Gasteiger partial charge in [0.05, 0.1) is 41.3 Å². The number of carbonyl (C=O) groups excluding carboxylic acids is 9. The molecular weight excluding hydrogens is 1710 g/mol. The minimum Gasteiger partial charge on any atom is -0.508 e. The predicted octanol–water partition coefficient (Wildman–Crippen LogP) is 1.95. The highest BCUT2D eigenvalue weighted by Crippen LogP contribution is 2.50. The van der Waals surface area contributed by atoms with E-state index in [9.17, 15) is 65.1 Å². The first kappa shape index (κ1) is 92.9. The summed E-state index contributed by atoms with van der Waals surface area (Å²) in [4.78, 5) is 135. The van der Waals surface area contributed by atoms with E-state index >= 15 is 24.0 Å². The van der Waals surface area contributed by atoms with Crippen molar-refractivity contribution in [1.29, 1.82) is 0 Å². The number of carbonyl (C=O) groups is 9. The minimum atomic E-state index is -2.36. The van der Waals surface area contributed by atoms with Crippen molar-refractivity contribution in [3.05, 3.63) is 145 Å². The number of primary amides is 1. The third kappa shape index (κ3) is 21.5. The molecule has 0 saturated carbocycles. The maximum Gasteiger partial charge on any atom is 0.333 e. The van der Waals surface area contributed by atoms with Crippen molar-refractivity contribution in [1.82, 2.24) is 68.7 Å². The van der Waals surface area contributed by atoms with Gasteiger partial charge in [0.25, 0.3) is 5.91 Å². The third-order valence-corrected chi connectivity index (χ3v) is 22.9. The predicted molar refractivity (Wildman–Crippen MR) is 444 cm³/mol. The Kier molecular flexibility index (Phi) is 29.9. The molecule has 0 aliphatic carbocycles. The number of phenolic OH excluding ortho intramolecular Hbond substituents is 3. The zero-order chi connectivity index (χ0) is 89.6. The maximum absolute atomic E-state index is 16.3. The van der Waals surface area contributed by atoms with Gasteiger partial charge in [-0.1, -0.05) is 85.4 Å². The molecule has 0 radical (unpaired) electrons. The Morgan fingerprint density at radius 1 is 0.694 bits per heavy atom. The number of aliphatic hydroxyl groups is 6. The number of rotatable bonds is 21. The van der Waals surface area contributed by atoms with Crippen molar-refractivity contribution in [3.8, 4) is 57.1 Å². The number of nitrogens with two attached hydrogens (primary N) is 1. The molecule has 124 heavy (non-hydrogen) atoms. The van der Waals surface area contributed by atoms with Crippen LogP contribution in [0.3, 0.4) is 0 Å². The number of nitrogens with one attached hydrogen (secondary N) is 12. The van der Waals surface area contributed by atoms with E-state index in [2.05, 4.69) is 69.0 Å². The van der Waals surface area contributed by atoms with Crippen LogP contribution in [0.4, 0.5) is 10.5 Å². The van der Waals surface area contributed by atoms with Gasteiger partial charge in [-0.2, -0.15) is 0 Å². The molecular formula is C81H97Cl4N15O24. The lowest BCUT2D eigenvalue weighted by Crippen LogP contribution is -2.66. The molecule has 18 atom stereocenters. The first-order chi connectivity index (χ1) is 58.9. The van der Waals surface area contributed by atoms with Crippen LogP contribution >= 0.6 is 46.4 Å². The molecule has 10 amide bonds. The van der Waals surface area contributed by atoms with Gasteiger partial charge in [-0.25, -0.2) is 15.2 Å². The Hall–Kier alpha value is -10.3. The van der Waals surface area contributed by atoms with E-state index in [-0.39, 0.29) is 70.6 Å². The maximum atomic E-state index is 16.3. The highest BCUT2D eigenvalue weighted by atomic mass is 35.5. The van der Waals surface area contributed by atoms with Crippen LogP contribution in [0, 0.1) is 5.92 Å². The number of aliphatic hydroxyl groups excluding tert-OH is 6. The van der Waals surface area contributed by atoms with Crippen molar-refractivity contribution in [2.75, 3.05) is 64.8 Å². The molecule has 6 aromatic rings. The summed E-state index contributed by atoms with van der Waals surface area (Å²) >= 11 is 26.7. The molecule has 39 nitrogen and oxygen atoms in total. The molecule has 3 fully saturated rings. The first-order valence-electron chi connectivity index (χ1n) is 39.6. The number of hydrogen-bond donors (Lipinski definition) is 22. The number of aromatic hydroxyl groups is 3. The van der Waals surface area contributed by atoms with Crippen LogP contribution in [0.15, 0.2) is 97.1 Å². The summed E-state index contributed by atoms with van der Waals surface area (Å²) in [6.45, 7) is 10.3. The van der Waals surface area contributed by atoms with Gasteiger partial charge in [0.1, 0.15) is 95.5 Å². The summed E-state index contributed by atoms with van der Waals surface area (Å²) in [6, 6.07) is 4.28. The van der Waals surface area contributed by atoms with Gasteiger partial charge in [0, 0.05) is 90.7 Å². The van der Waals surface area contributed by atoms with Crippen molar-refractivity contribution < 1.29 is 118 Å². The van der Waals surface area contributed by atoms with E-state index in [1.165, 1.54) is 31.3 Å².